The largest absolute Gasteiger partial charge is 0.497 e. The second-order valence-electron chi connectivity index (χ2n) is 4.54. The first-order valence-electron chi connectivity index (χ1n) is 6.35. The van der Waals surface area contributed by atoms with Gasteiger partial charge in [-0.15, -0.1) is 11.3 Å². The Kier molecular flexibility index (Phi) is 5.00. The lowest BCUT2D eigenvalue weighted by Crippen LogP contribution is -2.25. The third-order valence-electron chi connectivity index (χ3n) is 3.04. The van der Waals surface area contributed by atoms with E-state index < -0.39 is 10.0 Å². The zero-order valence-corrected chi connectivity index (χ0v) is 13.6. The Balaban J connectivity index is 2.19. The van der Waals surface area contributed by atoms with Gasteiger partial charge in [-0.2, -0.15) is 4.31 Å². The summed E-state index contributed by atoms with van der Waals surface area (Å²) in [6.45, 7) is 0.634. The lowest BCUT2D eigenvalue weighted by Gasteiger charge is -2.16. The molecule has 0 fully saturated rings. The molecule has 5 nitrogen and oxygen atoms in total. The predicted octanol–water partition coefficient (Wildman–Crippen LogP) is 2.04. The highest BCUT2D eigenvalue weighted by atomic mass is 32.2. The van der Waals surface area contributed by atoms with E-state index in [1.165, 1.54) is 15.6 Å². The van der Waals surface area contributed by atoms with E-state index in [1.807, 2.05) is 24.3 Å². The monoisotopic (exact) mass is 326 g/mol. The van der Waals surface area contributed by atoms with Crippen LogP contribution >= 0.6 is 11.3 Å². The molecule has 0 saturated heterocycles. The van der Waals surface area contributed by atoms with Crippen molar-refractivity contribution in [1.82, 2.24) is 4.31 Å². The van der Waals surface area contributed by atoms with Crippen molar-refractivity contribution in [2.75, 3.05) is 14.2 Å². The zero-order chi connectivity index (χ0) is 15.5. The number of hydrogen-bond acceptors (Lipinski definition) is 5. The molecule has 0 spiro atoms. The summed E-state index contributed by atoms with van der Waals surface area (Å²) in [7, 11) is -0.342. The Morgan fingerprint density at radius 1 is 1.29 bits per heavy atom. The summed E-state index contributed by atoms with van der Waals surface area (Å²) in [5, 5.41) is 0. The fraction of sp³-hybridized carbons (Fsp3) is 0.286. The molecule has 7 heteroatoms. The summed E-state index contributed by atoms with van der Waals surface area (Å²) < 4.78 is 31.8. The molecule has 0 bridgehead atoms. The molecule has 0 aliphatic rings. The van der Waals surface area contributed by atoms with Crippen molar-refractivity contribution in [1.29, 1.82) is 0 Å². The summed E-state index contributed by atoms with van der Waals surface area (Å²) in [4.78, 5) is 0.850. The number of ether oxygens (including phenoxy) is 1. The van der Waals surface area contributed by atoms with Crippen LogP contribution in [-0.2, 0) is 23.1 Å². The first kappa shape index (κ1) is 16.0. The van der Waals surface area contributed by atoms with Crippen molar-refractivity contribution in [2.24, 2.45) is 5.73 Å². The third kappa shape index (κ3) is 3.62. The van der Waals surface area contributed by atoms with Gasteiger partial charge in [-0.05, 0) is 29.8 Å². The summed E-state index contributed by atoms with van der Waals surface area (Å²) in [5.74, 6) is 0.708. The molecule has 0 aliphatic heterocycles. The molecular weight excluding hydrogens is 308 g/mol. The highest BCUT2D eigenvalue weighted by Gasteiger charge is 2.22. The number of sulfonamides is 1. The lowest BCUT2D eigenvalue weighted by atomic mass is 10.2. The van der Waals surface area contributed by atoms with E-state index in [2.05, 4.69) is 0 Å². The Morgan fingerprint density at radius 3 is 2.67 bits per heavy atom. The Morgan fingerprint density at radius 2 is 2.05 bits per heavy atom. The minimum atomic E-state index is -3.49. The summed E-state index contributed by atoms with van der Waals surface area (Å²) in [6.07, 6.45) is 0. The molecule has 0 unspecified atom stereocenters. The second kappa shape index (κ2) is 6.57. The topological polar surface area (TPSA) is 72.6 Å². The van der Waals surface area contributed by atoms with Crippen molar-refractivity contribution < 1.29 is 13.2 Å². The molecule has 21 heavy (non-hydrogen) atoms. The highest BCUT2D eigenvalue weighted by Crippen LogP contribution is 2.25. The molecule has 2 N–H and O–H groups in total. The van der Waals surface area contributed by atoms with Gasteiger partial charge in [-0.3, -0.25) is 0 Å². The van der Waals surface area contributed by atoms with E-state index in [9.17, 15) is 8.42 Å². The molecule has 114 valence electrons. The van der Waals surface area contributed by atoms with E-state index in [4.69, 9.17) is 10.5 Å². The van der Waals surface area contributed by atoms with Crippen LogP contribution in [0.2, 0.25) is 0 Å². The van der Waals surface area contributed by atoms with Crippen LogP contribution in [0.15, 0.2) is 40.6 Å². The number of thiophene rings is 1. The fourth-order valence-corrected chi connectivity index (χ4v) is 4.48. The Labute approximate surface area is 129 Å². The molecule has 1 heterocycles. The van der Waals surface area contributed by atoms with Crippen LogP contribution < -0.4 is 10.5 Å². The summed E-state index contributed by atoms with van der Waals surface area (Å²) in [5.41, 5.74) is 6.40. The normalized spacial score (nSPS) is 11.8. The smallest absolute Gasteiger partial charge is 0.252 e. The zero-order valence-electron chi connectivity index (χ0n) is 11.9. The minimum Gasteiger partial charge on any atom is -0.497 e. The average Bonchev–Trinajstić information content (AvgIpc) is 2.97. The van der Waals surface area contributed by atoms with Crippen LogP contribution in [0.25, 0.3) is 0 Å². The van der Waals surface area contributed by atoms with E-state index in [-0.39, 0.29) is 6.54 Å². The molecule has 2 aromatic rings. The van der Waals surface area contributed by atoms with Gasteiger partial charge in [0.1, 0.15) is 9.96 Å². The van der Waals surface area contributed by atoms with E-state index >= 15 is 0 Å². The van der Waals surface area contributed by atoms with Gasteiger partial charge < -0.3 is 10.5 Å². The van der Waals surface area contributed by atoms with Gasteiger partial charge in [0.2, 0.25) is 0 Å². The molecule has 0 aliphatic carbocycles. The van der Waals surface area contributed by atoms with Crippen LogP contribution in [0, 0.1) is 0 Å². The van der Waals surface area contributed by atoms with Crippen molar-refractivity contribution >= 4 is 21.4 Å². The number of methoxy groups -OCH3 is 1. The molecule has 0 atom stereocenters. The molecule has 0 amide bonds. The van der Waals surface area contributed by atoms with Crippen LogP contribution in [0.3, 0.4) is 0 Å². The standard InChI is InChI=1S/C14H18N2O3S2/c1-16(10-11-4-3-5-12(8-11)19-2)21(17,18)14-7-6-13(9-15)20-14/h3-8H,9-10,15H2,1-2H3. The first-order chi connectivity index (χ1) is 9.97. The maximum atomic E-state index is 12.5. The number of benzene rings is 1. The van der Waals surface area contributed by atoms with Gasteiger partial charge in [-0.1, -0.05) is 12.1 Å². The molecular formula is C14H18N2O3S2. The van der Waals surface area contributed by atoms with Crippen LogP contribution in [-0.4, -0.2) is 26.9 Å². The average molecular weight is 326 g/mol. The quantitative estimate of drug-likeness (QED) is 0.881. The van der Waals surface area contributed by atoms with Crippen molar-refractivity contribution in [3.63, 3.8) is 0 Å². The molecule has 0 saturated carbocycles. The van der Waals surface area contributed by atoms with Gasteiger partial charge in [0.05, 0.1) is 7.11 Å². The van der Waals surface area contributed by atoms with E-state index in [0.717, 1.165) is 10.4 Å². The fourth-order valence-electron chi connectivity index (χ4n) is 1.87. The predicted molar refractivity (Wildman–Crippen MR) is 83.9 cm³/mol. The lowest BCUT2D eigenvalue weighted by molar-refractivity contribution is 0.412. The Bertz CT molecular complexity index is 711. The second-order valence-corrected chi connectivity index (χ2v) is 7.98. The third-order valence-corrected chi connectivity index (χ3v) is 6.42. The van der Waals surface area contributed by atoms with Crippen LogP contribution in [0.5, 0.6) is 5.75 Å². The molecule has 1 aromatic heterocycles. The summed E-state index contributed by atoms with van der Waals surface area (Å²) >= 11 is 1.21. The van der Waals surface area contributed by atoms with Crippen LogP contribution in [0.1, 0.15) is 10.4 Å². The van der Waals surface area contributed by atoms with Gasteiger partial charge >= 0.3 is 0 Å². The number of hydrogen-bond donors (Lipinski definition) is 1. The van der Waals surface area contributed by atoms with E-state index in [1.54, 1.807) is 26.3 Å². The van der Waals surface area contributed by atoms with Crippen molar-refractivity contribution in [3.8, 4) is 5.75 Å². The number of nitrogens with two attached hydrogens (primary N) is 1. The first-order valence-corrected chi connectivity index (χ1v) is 8.61. The van der Waals surface area contributed by atoms with Crippen molar-refractivity contribution in [2.45, 2.75) is 17.3 Å². The van der Waals surface area contributed by atoms with Gasteiger partial charge in [0, 0.05) is 25.0 Å². The summed E-state index contributed by atoms with van der Waals surface area (Å²) in [6, 6.07) is 10.7. The highest BCUT2D eigenvalue weighted by molar-refractivity contribution is 7.91. The molecule has 1 aromatic carbocycles. The number of rotatable bonds is 6. The van der Waals surface area contributed by atoms with Gasteiger partial charge in [0.25, 0.3) is 10.0 Å². The number of nitrogens with zero attached hydrogens (tertiary/aromatic N) is 1. The maximum Gasteiger partial charge on any atom is 0.252 e. The maximum absolute atomic E-state index is 12.5. The minimum absolute atomic E-state index is 0.287. The SMILES string of the molecule is COc1cccc(CN(C)S(=O)(=O)c2ccc(CN)s2)c1. The molecule has 0 radical (unpaired) electrons. The van der Waals surface area contributed by atoms with Crippen molar-refractivity contribution in [3.05, 3.63) is 46.8 Å². The van der Waals surface area contributed by atoms with E-state index in [0.29, 0.717) is 16.5 Å². The van der Waals surface area contributed by atoms with Gasteiger partial charge in [-0.25, -0.2) is 8.42 Å². The molecule has 2 rings (SSSR count). The van der Waals surface area contributed by atoms with Crippen LogP contribution in [0.4, 0.5) is 0 Å². The Hall–Kier alpha value is -1.41. The van der Waals surface area contributed by atoms with Gasteiger partial charge in [0.15, 0.2) is 0 Å².